The van der Waals surface area contributed by atoms with Crippen LogP contribution < -0.4 is 5.32 Å². The standard InChI is InChI=1S/C17H25NO/c1-11(2)13-5-7-14(8-6-13)16(12(3)4)18-17(19)15-9-10-15/h5-8,11-12,15-16H,9-10H2,1-4H3,(H,18,19). The maximum absolute atomic E-state index is 12.0. The van der Waals surface area contributed by atoms with Gasteiger partial charge in [-0.3, -0.25) is 4.79 Å². The van der Waals surface area contributed by atoms with E-state index in [-0.39, 0.29) is 17.9 Å². The van der Waals surface area contributed by atoms with Gasteiger partial charge in [0.05, 0.1) is 6.04 Å². The second kappa shape index (κ2) is 5.77. The Kier molecular flexibility index (Phi) is 4.28. The van der Waals surface area contributed by atoms with E-state index in [0.717, 1.165) is 12.8 Å². The summed E-state index contributed by atoms with van der Waals surface area (Å²) >= 11 is 0. The monoisotopic (exact) mass is 259 g/mol. The summed E-state index contributed by atoms with van der Waals surface area (Å²) in [6, 6.07) is 8.81. The van der Waals surface area contributed by atoms with Crippen LogP contribution in [0, 0.1) is 11.8 Å². The lowest BCUT2D eigenvalue weighted by Crippen LogP contribution is -2.32. The lowest BCUT2D eigenvalue weighted by molar-refractivity contribution is -0.123. The maximum Gasteiger partial charge on any atom is 0.223 e. The molecule has 0 spiro atoms. The smallest absolute Gasteiger partial charge is 0.223 e. The van der Waals surface area contributed by atoms with Crippen molar-refractivity contribution in [2.24, 2.45) is 11.8 Å². The van der Waals surface area contributed by atoms with E-state index >= 15 is 0 Å². The Bertz CT molecular complexity index is 429. The van der Waals surface area contributed by atoms with E-state index in [9.17, 15) is 4.79 Å². The topological polar surface area (TPSA) is 29.1 Å². The highest BCUT2D eigenvalue weighted by molar-refractivity contribution is 5.81. The molecule has 0 saturated heterocycles. The van der Waals surface area contributed by atoms with Crippen LogP contribution in [0.15, 0.2) is 24.3 Å². The molecule has 0 aromatic heterocycles. The third-order valence-electron chi connectivity index (χ3n) is 3.87. The summed E-state index contributed by atoms with van der Waals surface area (Å²) < 4.78 is 0. The number of hydrogen-bond acceptors (Lipinski definition) is 1. The highest BCUT2D eigenvalue weighted by Gasteiger charge is 2.31. The van der Waals surface area contributed by atoms with Crippen molar-refractivity contribution in [3.05, 3.63) is 35.4 Å². The highest BCUT2D eigenvalue weighted by Crippen LogP contribution is 2.31. The molecule has 2 heteroatoms. The molecule has 1 N–H and O–H groups in total. The summed E-state index contributed by atoms with van der Waals surface area (Å²) in [6.07, 6.45) is 2.12. The molecule has 1 atom stereocenters. The zero-order valence-corrected chi connectivity index (χ0v) is 12.4. The van der Waals surface area contributed by atoms with Crippen LogP contribution >= 0.6 is 0 Å². The summed E-state index contributed by atoms with van der Waals surface area (Å²) in [6.45, 7) is 8.72. The van der Waals surface area contributed by atoms with E-state index in [4.69, 9.17) is 0 Å². The Hall–Kier alpha value is -1.31. The van der Waals surface area contributed by atoms with E-state index in [2.05, 4.69) is 57.3 Å². The average molecular weight is 259 g/mol. The van der Waals surface area contributed by atoms with Crippen molar-refractivity contribution >= 4 is 5.91 Å². The van der Waals surface area contributed by atoms with Gasteiger partial charge in [-0.1, -0.05) is 52.0 Å². The van der Waals surface area contributed by atoms with Crippen molar-refractivity contribution in [1.29, 1.82) is 0 Å². The molecule has 0 aliphatic heterocycles. The van der Waals surface area contributed by atoms with E-state index in [0.29, 0.717) is 11.8 Å². The summed E-state index contributed by atoms with van der Waals surface area (Å²) in [4.78, 5) is 12.0. The van der Waals surface area contributed by atoms with Crippen LogP contribution in [0.4, 0.5) is 0 Å². The van der Waals surface area contributed by atoms with Gasteiger partial charge in [-0.15, -0.1) is 0 Å². The Labute approximate surface area is 116 Å². The molecule has 1 saturated carbocycles. The van der Waals surface area contributed by atoms with Crippen LogP contribution in [0.25, 0.3) is 0 Å². The molecule has 2 nitrogen and oxygen atoms in total. The molecule has 1 fully saturated rings. The fourth-order valence-corrected chi connectivity index (χ4v) is 2.34. The number of amides is 1. The van der Waals surface area contributed by atoms with Gasteiger partial charge in [0, 0.05) is 5.92 Å². The van der Waals surface area contributed by atoms with E-state index in [1.165, 1.54) is 11.1 Å². The number of hydrogen-bond donors (Lipinski definition) is 1. The van der Waals surface area contributed by atoms with Crippen molar-refractivity contribution in [2.75, 3.05) is 0 Å². The number of carbonyl (C=O) groups excluding carboxylic acids is 1. The van der Waals surface area contributed by atoms with Gasteiger partial charge >= 0.3 is 0 Å². The molecule has 0 radical (unpaired) electrons. The fraction of sp³-hybridized carbons (Fsp3) is 0.588. The molecule has 1 unspecified atom stereocenters. The molecule has 1 aromatic rings. The van der Waals surface area contributed by atoms with Crippen molar-refractivity contribution in [2.45, 2.75) is 52.5 Å². The zero-order valence-electron chi connectivity index (χ0n) is 12.4. The average Bonchev–Trinajstić information content (AvgIpc) is 3.19. The minimum absolute atomic E-state index is 0.134. The molecule has 0 heterocycles. The number of carbonyl (C=O) groups is 1. The minimum atomic E-state index is 0.134. The Balaban J connectivity index is 2.11. The van der Waals surface area contributed by atoms with Gasteiger partial charge < -0.3 is 5.32 Å². The molecule has 0 bridgehead atoms. The predicted octanol–water partition coefficient (Wildman–Crippen LogP) is 4.03. The van der Waals surface area contributed by atoms with Crippen molar-refractivity contribution < 1.29 is 4.79 Å². The van der Waals surface area contributed by atoms with Gasteiger partial charge in [-0.05, 0) is 35.8 Å². The third-order valence-corrected chi connectivity index (χ3v) is 3.87. The van der Waals surface area contributed by atoms with Gasteiger partial charge in [0.2, 0.25) is 5.91 Å². The molecular weight excluding hydrogens is 234 g/mol. The fourth-order valence-electron chi connectivity index (χ4n) is 2.34. The predicted molar refractivity (Wildman–Crippen MR) is 79.0 cm³/mol. The van der Waals surface area contributed by atoms with Gasteiger partial charge in [-0.25, -0.2) is 0 Å². The van der Waals surface area contributed by atoms with Crippen LogP contribution in [0.5, 0.6) is 0 Å². The van der Waals surface area contributed by atoms with Gasteiger partial charge in [0.15, 0.2) is 0 Å². The van der Waals surface area contributed by atoms with E-state index in [1.807, 2.05) is 0 Å². The molecule has 2 rings (SSSR count). The quantitative estimate of drug-likeness (QED) is 0.849. The van der Waals surface area contributed by atoms with Crippen LogP contribution in [0.2, 0.25) is 0 Å². The van der Waals surface area contributed by atoms with Gasteiger partial charge in [-0.2, -0.15) is 0 Å². The minimum Gasteiger partial charge on any atom is -0.349 e. The van der Waals surface area contributed by atoms with Crippen LogP contribution in [0.3, 0.4) is 0 Å². The molecule has 1 aromatic carbocycles. The first-order chi connectivity index (χ1) is 8.99. The second-order valence-corrected chi connectivity index (χ2v) is 6.33. The lowest BCUT2D eigenvalue weighted by Gasteiger charge is -2.23. The van der Waals surface area contributed by atoms with Gasteiger partial charge in [0.25, 0.3) is 0 Å². The van der Waals surface area contributed by atoms with Crippen LogP contribution in [-0.4, -0.2) is 5.91 Å². The first kappa shape index (κ1) is 14.1. The normalized spacial score (nSPS) is 16.7. The molecule has 1 amide bonds. The number of rotatable bonds is 5. The molecule has 19 heavy (non-hydrogen) atoms. The van der Waals surface area contributed by atoms with Crippen molar-refractivity contribution in [1.82, 2.24) is 5.32 Å². The van der Waals surface area contributed by atoms with Crippen LogP contribution in [0.1, 0.15) is 63.6 Å². The molecular formula is C17H25NO. The Morgan fingerprint density at radius 3 is 2.00 bits per heavy atom. The maximum atomic E-state index is 12.0. The van der Waals surface area contributed by atoms with E-state index < -0.39 is 0 Å². The second-order valence-electron chi connectivity index (χ2n) is 6.33. The number of benzene rings is 1. The summed E-state index contributed by atoms with van der Waals surface area (Å²) in [5.41, 5.74) is 2.56. The highest BCUT2D eigenvalue weighted by atomic mass is 16.2. The van der Waals surface area contributed by atoms with Crippen LogP contribution in [-0.2, 0) is 4.79 Å². The summed E-state index contributed by atoms with van der Waals surface area (Å²) in [7, 11) is 0. The lowest BCUT2D eigenvalue weighted by atomic mass is 9.93. The molecule has 1 aliphatic carbocycles. The number of nitrogens with one attached hydrogen (secondary N) is 1. The first-order valence-corrected chi connectivity index (χ1v) is 7.39. The molecule has 1 aliphatic rings. The van der Waals surface area contributed by atoms with Gasteiger partial charge in [0.1, 0.15) is 0 Å². The van der Waals surface area contributed by atoms with Crippen molar-refractivity contribution in [3.8, 4) is 0 Å². The Morgan fingerprint density at radius 1 is 1.05 bits per heavy atom. The summed E-state index contributed by atoms with van der Waals surface area (Å²) in [5.74, 6) is 1.46. The Morgan fingerprint density at radius 2 is 1.58 bits per heavy atom. The molecule has 104 valence electrons. The van der Waals surface area contributed by atoms with E-state index in [1.54, 1.807) is 0 Å². The van der Waals surface area contributed by atoms with Crippen molar-refractivity contribution in [3.63, 3.8) is 0 Å². The SMILES string of the molecule is CC(C)c1ccc(C(NC(=O)C2CC2)C(C)C)cc1. The largest absolute Gasteiger partial charge is 0.349 e. The zero-order chi connectivity index (χ0) is 14.0. The first-order valence-electron chi connectivity index (χ1n) is 7.39. The third kappa shape index (κ3) is 3.59. The summed E-state index contributed by atoms with van der Waals surface area (Å²) in [5, 5.41) is 3.20.